The third kappa shape index (κ3) is 3.26. The molecule has 2 unspecified atom stereocenters. The van der Waals surface area contributed by atoms with Gasteiger partial charge in [-0.1, -0.05) is 19.8 Å². The minimum Gasteiger partial charge on any atom is -0.379 e. The van der Waals surface area contributed by atoms with Crippen LogP contribution < -0.4 is 5.32 Å². The number of piperidine rings is 1. The van der Waals surface area contributed by atoms with Gasteiger partial charge in [0.25, 0.3) is 0 Å². The van der Waals surface area contributed by atoms with Gasteiger partial charge in [0.15, 0.2) is 0 Å². The van der Waals surface area contributed by atoms with E-state index in [1.807, 2.05) is 0 Å². The molecule has 0 aromatic carbocycles. The lowest BCUT2D eigenvalue weighted by molar-refractivity contribution is -0.138. The largest absolute Gasteiger partial charge is 0.379 e. The molecule has 0 bridgehead atoms. The molecule has 1 saturated carbocycles. The summed E-state index contributed by atoms with van der Waals surface area (Å²) < 4.78 is 5.56. The predicted molar refractivity (Wildman–Crippen MR) is 83.1 cm³/mol. The molecule has 4 nitrogen and oxygen atoms in total. The van der Waals surface area contributed by atoms with E-state index in [1.165, 1.54) is 38.5 Å². The number of rotatable bonds is 4. The van der Waals surface area contributed by atoms with Crippen LogP contribution in [0.5, 0.6) is 0 Å². The maximum Gasteiger partial charge on any atom is 0.229 e. The molecule has 3 aliphatic rings. The molecule has 2 atom stereocenters. The summed E-state index contributed by atoms with van der Waals surface area (Å²) in [6.45, 7) is 6.36. The molecule has 0 aromatic heterocycles. The van der Waals surface area contributed by atoms with Crippen molar-refractivity contribution < 1.29 is 9.53 Å². The zero-order valence-corrected chi connectivity index (χ0v) is 13.4. The van der Waals surface area contributed by atoms with Gasteiger partial charge in [0.05, 0.1) is 19.1 Å². The van der Waals surface area contributed by atoms with Crippen molar-refractivity contribution in [2.75, 3.05) is 32.8 Å². The fourth-order valence-corrected chi connectivity index (χ4v) is 4.39. The third-order valence-electron chi connectivity index (χ3n) is 5.85. The maximum absolute atomic E-state index is 12.8. The van der Waals surface area contributed by atoms with Crippen LogP contribution in [0.1, 0.15) is 51.9 Å². The first-order valence-corrected chi connectivity index (χ1v) is 8.84. The highest BCUT2D eigenvalue weighted by molar-refractivity contribution is 5.80. The van der Waals surface area contributed by atoms with Crippen molar-refractivity contribution in [3.63, 3.8) is 0 Å². The summed E-state index contributed by atoms with van der Waals surface area (Å²) in [5, 5.41) is 3.48. The molecule has 4 heteroatoms. The molecule has 3 fully saturated rings. The van der Waals surface area contributed by atoms with E-state index in [2.05, 4.69) is 17.1 Å². The minimum absolute atomic E-state index is 0.0363. The van der Waals surface area contributed by atoms with Crippen molar-refractivity contribution in [2.24, 2.45) is 11.3 Å². The maximum atomic E-state index is 12.8. The lowest BCUT2D eigenvalue weighted by Crippen LogP contribution is -2.49. The monoisotopic (exact) mass is 294 g/mol. The van der Waals surface area contributed by atoms with Crippen LogP contribution in [0.4, 0.5) is 0 Å². The molecular weight excluding hydrogens is 264 g/mol. The van der Waals surface area contributed by atoms with Crippen molar-refractivity contribution in [3.8, 4) is 0 Å². The van der Waals surface area contributed by atoms with Gasteiger partial charge in [0, 0.05) is 19.1 Å². The highest BCUT2D eigenvalue weighted by Crippen LogP contribution is 2.46. The van der Waals surface area contributed by atoms with E-state index in [1.54, 1.807) is 0 Å². The second-order valence-corrected chi connectivity index (χ2v) is 7.24. The Kier molecular flexibility index (Phi) is 4.85. The molecule has 1 spiro atoms. The second-order valence-electron chi connectivity index (χ2n) is 7.24. The quantitative estimate of drug-likeness (QED) is 0.864. The van der Waals surface area contributed by atoms with Crippen LogP contribution in [0.3, 0.4) is 0 Å². The number of likely N-dealkylation sites (tertiary alicyclic amines) is 1. The number of amides is 1. The molecule has 2 saturated heterocycles. The molecule has 2 heterocycles. The van der Waals surface area contributed by atoms with Gasteiger partial charge in [-0.05, 0) is 44.1 Å². The summed E-state index contributed by atoms with van der Waals surface area (Å²) in [5.74, 6) is 0.364. The Balaban J connectivity index is 1.53. The Morgan fingerprint density at radius 1 is 1.19 bits per heavy atom. The van der Waals surface area contributed by atoms with Gasteiger partial charge in [-0.15, -0.1) is 0 Å². The van der Waals surface area contributed by atoms with E-state index in [0.717, 1.165) is 26.1 Å². The first kappa shape index (κ1) is 15.3. The number of hydrogen-bond acceptors (Lipinski definition) is 3. The van der Waals surface area contributed by atoms with Crippen molar-refractivity contribution in [2.45, 2.75) is 57.9 Å². The van der Waals surface area contributed by atoms with Crippen molar-refractivity contribution in [3.05, 3.63) is 0 Å². The van der Waals surface area contributed by atoms with Crippen LogP contribution in [-0.4, -0.2) is 49.7 Å². The lowest BCUT2D eigenvalue weighted by Gasteiger charge is -2.40. The second kappa shape index (κ2) is 6.66. The summed E-state index contributed by atoms with van der Waals surface area (Å²) in [6.07, 6.45) is 9.12. The van der Waals surface area contributed by atoms with E-state index in [9.17, 15) is 4.79 Å². The fraction of sp³-hybridized carbons (Fsp3) is 0.941. The summed E-state index contributed by atoms with van der Waals surface area (Å²) in [7, 11) is 0. The van der Waals surface area contributed by atoms with E-state index in [-0.39, 0.29) is 12.0 Å². The topological polar surface area (TPSA) is 41.6 Å². The van der Waals surface area contributed by atoms with Crippen LogP contribution in [0.25, 0.3) is 0 Å². The van der Waals surface area contributed by atoms with Gasteiger partial charge < -0.3 is 15.0 Å². The predicted octanol–water partition coefficient (Wildman–Crippen LogP) is 2.18. The molecule has 2 aliphatic heterocycles. The number of nitrogens with one attached hydrogen (secondary N) is 1. The standard InChI is InChI=1S/C17H30N2O2/c1-2-9-18-15-13-21-12-14(15)16(20)19-10-7-17(8-11-19)5-3-4-6-17/h14-15,18H,2-13H2,1H3. The average Bonchev–Trinajstić information content (AvgIpc) is 3.15. The summed E-state index contributed by atoms with van der Waals surface area (Å²) in [5.41, 5.74) is 0.586. The number of nitrogens with zero attached hydrogens (tertiary/aromatic N) is 1. The van der Waals surface area contributed by atoms with Crippen LogP contribution in [0, 0.1) is 11.3 Å². The van der Waals surface area contributed by atoms with E-state index < -0.39 is 0 Å². The summed E-state index contributed by atoms with van der Waals surface area (Å²) in [6, 6.07) is 0.222. The van der Waals surface area contributed by atoms with Gasteiger partial charge in [-0.2, -0.15) is 0 Å². The molecule has 0 aromatic rings. The highest BCUT2D eigenvalue weighted by atomic mass is 16.5. The summed E-state index contributed by atoms with van der Waals surface area (Å²) in [4.78, 5) is 14.9. The number of carbonyl (C=O) groups excluding carboxylic acids is 1. The smallest absolute Gasteiger partial charge is 0.229 e. The van der Waals surface area contributed by atoms with Gasteiger partial charge in [-0.3, -0.25) is 4.79 Å². The molecule has 120 valence electrons. The highest BCUT2D eigenvalue weighted by Gasteiger charge is 2.41. The molecule has 3 rings (SSSR count). The number of hydrogen-bond donors (Lipinski definition) is 1. The Morgan fingerprint density at radius 2 is 1.90 bits per heavy atom. The van der Waals surface area contributed by atoms with Crippen LogP contribution in [0.2, 0.25) is 0 Å². The normalized spacial score (nSPS) is 32.0. The molecule has 1 N–H and O–H groups in total. The van der Waals surface area contributed by atoms with Gasteiger partial charge >= 0.3 is 0 Å². The van der Waals surface area contributed by atoms with Crippen molar-refractivity contribution in [1.82, 2.24) is 10.2 Å². The van der Waals surface area contributed by atoms with Crippen LogP contribution in [-0.2, 0) is 9.53 Å². The molecule has 1 aliphatic carbocycles. The van der Waals surface area contributed by atoms with E-state index in [4.69, 9.17) is 4.74 Å². The SMILES string of the molecule is CCCNC1COCC1C(=O)N1CCC2(CCCC2)CC1. The molecule has 21 heavy (non-hydrogen) atoms. The summed E-state index contributed by atoms with van der Waals surface area (Å²) >= 11 is 0. The van der Waals surface area contributed by atoms with Crippen molar-refractivity contribution in [1.29, 1.82) is 0 Å². The van der Waals surface area contributed by atoms with E-state index >= 15 is 0 Å². The Bertz CT molecular complexity index is 356. The van der Waals surface area contributed by atoms with Gasteiger partial charge in [0.1, 0.15) is 0 Å². The molecule has 0 radical (unpaired) electrons. The first-order chi connectivity index (χ1) is 10.2. The third-order valence-corrected chi connectivity index (χ3v) is 5.85. The molecular formula is C17H30N2O2. The fourth-order valence-electron chi connectivity index (χ4n) is 4.39. The van der Waals surface area contributed by atoms with Crippen LogP contribution in [0.15, 0.2) is 0 Å². The minimum atomic E-state index is 0.0363. The average molecular weight is 294 g/mol. The zero-order chi connectivity index (χ0) is 14.7. The van der Waals surface area contributed by atoms with E-state index in [0.29, 0.717) is 24.5 Å². The number of carbonyl (C=O) groups is 1. The Morgan fingerprint density at radius 3 is 2.57 bits per heavy atom. The zero-order valence-electron chi connectivity index (χ0n) is 13.4. The first-order valence-electron chi connectivity index (χ1n) is 8.84. The molecule has 1 amide bonds. The lowest BCUT2D eigenvalue weighted by atomic mass is 9.77. The van der Waals surface area contributed by atoms with Gasteiger partial charge in [0.2, 0.25) is 5.91 Å². The number of ether oxygens (including phenoxy) is 1. The Labute approximate surface area is 128 Å². The van der Waals surface area contributed by atoms with Crippen LogP contribution >= 0.6 is 0 Å². The van der Waals surface area contributed by atoms with Gasteiger partial charge in [-0.25, -0.2) is 0 Å². The van der Waals surface area contributed by atoms with Crippen molar-refractivity contribution >= 4 is 5.91 Å². The Hall–Kier alpha value is -0.610.